The summed E-state index contributed by atoms with van der Waals surface area (Å²) < 4.78 is 1.60. The third-order valence-corrected chi connectivity index (χ3v) is 4.07. The van der Waals surface area contributed by atoms with Crippen molar-refractivity contribution >= 4 is 23.6 Å². The van der Waals surface area contributed by atoms with Gasteiger partial charge in [-0.2, -0.15) is 16.9 Å². The van der Waals surface area contributed by atoms with Crippen LogP contribution in [0.5, 0.6) is 0 Å². The number of amides is 1. The Morgan fingerprint density at radius 2 is 2.32 bits per heavy atom. The topological polar surface area (TPSA) is 88.3 Å². The number of nitrogens with zero attached hydrogens (tertiary/aromatic N) is 4. The Morgan fingerprint density at radius 3 is 3.00 bits per heavy atom. The molecule has 0 saturated carbocycles. The van der Waals surface area contributed by atoms with E-state index in [2.05, 4.69) is 10.1 Å². The summed E-state index contributed by atoms with van der Waals surface area (Å²) in [6.07, 6.45) is 3.33. The second-order valence-corrected chi connectivity index (χ2v) is 5.47. The minimum Gasteiger partial charge on any atom is -0.481 e. The van der Waals surface area contributed by atoms with Crippen molar-refractivity contribution in [3.8, 4) is 0 Å². The zero-order chi connectivity index (χ0) is 13.7. The molecule has 1 fully saturated rings. The molecule has 1 aliphatic rings. The first-order valence-corrected chi connectivity index (χ1v) is 7.23. The van der Waals surface area contributed by atoms with Crippen LogP contribution in [0.1, 0.15) is 12.8 Å². The maximum absolute atomic E-state index is 12.1. The number of carboxylic acids is 1. The molecule has 1 atom stereocenters. The van der Waals surface area contributed by atoms with E-state index in [9.17, 15) is 9.59 Å². The largest absolute Gasteiger partial charge is 0.481 e. The molecule has 1 aliphatic heterocycles. The van der Waals surface area contributed by atoms with Crippen molar-refractivity contribution in [1.29, 1.82) is 0 Å². The average Bonchev–Trinajstić information content (AvgIpc) is 2.89. The number of hydrogen-bond acceptors (Lipinski definition) is 5. The van der Waals surface area contributed by atoms with E-state index in [-0.39, 0.29) is 18.4 Å². The van der Waals surface area contributed by atoms with Gasteiger partial charge < -0.3 is 10.0 Å². The molecule has 1 N–H and O–H groups in total. The second-order valence-electron chi connectivity index (χ2n) is 4.32. The highest BCUT2D eigenvalue weighted by atomic mass is 32.2. The average molecular weight is 284 g/mol. The Morgan fingerprint density at radius 1 is 1.47 bits per heavy atom. The molecular weight excluding hydrogens is 268 g/mol. The fraction of sp³-hybridized carbons (Fsp3) is 0.636. The van der Waals surface area contributed by atoms with Crippen LogP contribution in [0.15, 0.2) is 12.7 Å². The summed E-state index contributed by atoms with van der Waals surface area (Å²) >= 11 is 1.70. The van der Waals surface area contributed by atoms with Gasteiger partial charge in [0.05, 0.1) is 19.0 Å². The van der Waals surface area contributed by atoms with E-state index < -0.39 is 5.97 Å². The van der Waals surface area contributed by atoms with E-state index in [4.69, 9.17) is 5.11 Å². The van der Waals surface area contributed by atoms with E-state index in [1.165, 1.54) is 6.33 Å². The number of thioether (sulfide) groups is 1. The van der Waals surface area contributed by atoms with Gasteiger partial charge in [0.15, 0.2) is 0 Å². The van der Waals surface area contributed by atoms with E-state index in [1.54, 1.807) is 27.7 Å². The van der Waals surface area contributed by atoms with E-state index >= 15 is 0 Å². The molecule has 2 heterocycles. The Bertz CT molecular complexity index is 437. The van der Waals surface area contributed by atoms with E-state index in [1.807, 2.05) is 0 Å². The lowest BCUT2D eigenvalue weighted by molar-refractivity contribution is -0.140. The van der Waals surface area contributed by atoms with Gasteiger partial charge >= 0.3 is 5.97 Å². The summed E-state index contributed by atoms with van der Waals surface area (Å²) in [5, 5.41) is 12.8. The van der Waals surface area contributed by atoms with Crippen molar-refractivity contribution in [2.75, 3.05) is 18.1 Å². The Kier molecular flexibility index (Phi) is 4.78. The zero-order valence-electron chi connectivity index (χ0n) is 10.4. The molecule has 104 valence electrons. The SMILES string of the molecule is O=C(O)CC1CSCCN1C(=O)CCn1cncn1. The van der Waals surface area contributed by atoms with E-state index in [0.717, 1.165) is 5.75 Å². The van der Waals surface area contributed by atoms with Gasteiger partial charge in [-0.3, -0.25) is 14.3 Å². The molecule has 1 saturated heterocycles. The van der Waals surface area contributed by atoms with Gasteiger partial charge in [0, 0.05) is 24.5 Å². The van der Waals surface area contributed by atoms with Crippen LogP contribution in [0.3, 0.4) is 0 Å². The van der Waals surface area contributed by atoms with Crippen LogP contribution in [0.4, 0.5) is 0 Å². The maximum Gasteiger partial charge on any atom is 0.305 e. The van der Waals surface area contributed by atoms with Crippen LogP contribution in [0.2, 0.25) is 0 Å². The van der Waals surface area contributed by atoms with Crippen molar-refractivity contribution < 1.29 is 14.7 Å². The Hall–Kier alpha value is -1.57. The van der Waals surface area contributed by atoms with Crippen molar-refractivity contribution in [1.82, 2.24) is 19.7 Å². The highest BCUT2D eigenvalue weighted by Crippen LogP contribution is 2.20. The molecule has 1 amide bonds. The van der Waals surface area contributed by atoms with Gasteiger partial charge in [-0.15, -0.1) is 0 Å². The first-order valence-electron chi connectivity index (χ1n) is 6.08. The van der Waals surface area contributed by atoms with Crippen molar-refractivity contribution in [3.05, 3.63) is 12.7 Å². The molecule has 0 aliphatic carbocycles. The molecule has 0 radical (unpaired) electrons. The molecule has 2 rings (SSSR count). The van der Waals surface area contributed by atoms with Crippen molar-refractivity contribution in [3.63, 3.8) is 0 Å². The number of hydrogen-bond donors (Lipinski definition) is 1. The second kappa shape index (κ2) is 6.55. The fourth-order valence-electron chi connectivity index (χ4n) is 2.06. The number of aryl methyl sites for hydroxylation is 1. The van der Waals surface area contributed by atoms with E-state index in [0.29, 0.717) is 25.3 Å². The zero-order valence-corrected chi connectivity index (χ0v) is 11.3. The van der Waals surface area contributed by atoms with Crippen LogP contribution < -0.4 is 0 Å². The third-order valence-electron chi connectivity index (χ3n) is 2.98. The number of carboxylic acid groups (broad SMARTS) is 1. The van der Waals surface area contributed by atoms with Gasteiger partial charge in [0.1, 0.15) is 12.7 Å². The van der Waals surface area contributed by atoms with Crippen LogP contribution in [0, 0.1) is 0 Å². The van der Waals surface area contributed by atoms with Gasteiger partial charge in [-0.25, -0.2) is 4.98 Å². The van der Waals surface area contributed by atoms with Gasteiger partial charge in [0.2, 0.25) is 5.91 Å². The number of aliphatic carboxylic acids is 1. The lowest BCUT2D eigenvalue weighted by Gasteiger charge is -2.34. The number of carbonyl (C=O) groups is 2. The molecule has 0 aromatic carbocycles. The molecule has 7 nitrogen and oxygen atoms in total. The summed E-state index contributed by atoms with van der Waals surface area (Å²) in [6, 6.07) is -0.195. The predicted octanol–water partition coefficient (Wildman–Crippen LogP) is 0.0869. The van der Waals surface area contributed by atoms with Gasteiger partial charge in [-0.05, 0) is 0 Å². The summed E-state index contributed by atoms with van der Waals surface area (Å²) in [7, 11) is 0. The summed E-state index contributed by atoms with van der Waals surface area (Å²) in [5.74, 6) is 0.690. The first kappa shape index (κ1) is 13.9. The summed E-state index contributed by atoms with van der Waals surface area (Å²) in [6.45, 7) is 1.10. The van der Waals surface area contributed by atoms with Crippen LogP contribution in [-0.2, 0) is 16.1 Å². The predicted molar refractivity (Wildman–Crippen MR) is 69.7 cm³/mol. The van der Waals surface area contributed by atoms with Crippen LogP contribution in [0.25, 0.3) is 0 Å². The number of rotatable bonds is 5. The molecular formula is C11H16N4O3S. The molecule has 1 unspecified atom stereocenters. The number of carbonyl (C=O) groups excluding carboxylic acids is 1. The van der Waals surface area contributed by atoms with Gasteiger partial charge in [-0.1, -0.05) is 0 Å². The molecule has 19 heavy (non-hydrogen) atoms. The van der Waals surface area contributed by atoms with Crippen LogP contribution >= 0.6 is 11.8 Å². The quantitative estimate of drug-likeness (QED) is 0.824. The minimum atomic E-state index is -0.860. The molecule has 0 bridgehead atoms. The summed E-state index contributed by atoms with van der Waals surface area (Å²) in [4.78, 5) is 28.5. The van der Waals surface area contributed by atoms with Gasteiger partial charge in [0.25, 0.3) is 0 Å². The Labute approximate surface area is 115 Å². The van der Waals surface area contributed by atoms with Crippen molar-refractivity contribution in [2.45, 2.75) is 25.4 Å². The Balaban J connectivity index is 1.89. The molecule has 0 spiro atoms. The minimum absolute atomic E-state index is 0.0120. The number of aromatic nitrogens is 3. The lowest BCUT2D eigenvalue weighted by Crippen LogP contribution is -2.47. The van der Waals surface area contributed by atoms with Crippen molar-refractivity contribution in [2.24, 2.45) is 0 Å². The highest BCUT2D eigenvalue weighted by Gasteiger charge is 2.28. The normalized spacial score (nSPS) is 19.4. The smallest absolute Gasteiger partial charge is 0.305 e. The lowest BCUT2D eigenvalue weighted by atomic mass is 10.2. The third kappa shape index (κ3) is 3.95. The maximum atomic E-state index is 12.1. The highest BCUT2D eigenvalue weighted by molar-refractivity contribution is 7.99. The van der Waals surface area contributed by atoms with Crippen LogP contribution in [-0.4, -0.2) is 60.7 Å². The fourth-order valence-corrected chi connectivity index (χ4v) is 3.12. The first-order chi connectivity index (χ1) is 9.16. The standard InChI is InChI=1S/C11H16N4O3S/c16-10(1-2-14-8-12-7-13-14)15-3-4-19-6-9(15)5-11(17)18/h7-9H,1-6H2,(H,17,18). The molecule has 8 heteroatoms. The summed E-state index contributed by atoms with van der Waals surface area (Å²) in [5.41, 5.74) is 0. The molecule has 1 aromatic rings. The monoisotopic (exact) mass is 284 g/mol. The molecule has 1 aromatic heterocycles.